The first-order valence-corrected chi connectivity index (χ1v) is 14.5. The molecular formula is C29H46O21. The van der Waals surface area contributed by atoms with Gasteiger partial charge in [-0.25, -0.2) is 14.4 Å². The number of carbonyl (C=O) groups excluding carboxylic acids is 2. The Morgan fingerprint density at radius 2 is 0.920 bits per heavy atom. The molecule has 0 heterocycles. The molecule has 2 atom stereocenters. The molecular weight excluding hydrogens is 684 g/mol. The van der Waals surface area contributed by atoms with Gasteiger partial charge in [0.1, 0.15) is 6.42 Å². The highest BCUT2D eigenvalue weighted by molar-refractivity contribution is 5.90. The topological polar surface area (TPSA) is 382 Å². The number of esters is 2. The summed E-state index contributed by atoms with van der Waals surface area (Å²) in [4.78, 5) is 99.0. The molecule has 0 aromatic heterocycles. The summed E-state index contributed by atoms with van der Waals surface area (Å²) >= 11 is 0. The van der Waals surface area contributed by atoms with Crippen LogP contribution in [-0.2, 0) is 52.7 Å². The molecule has 50 heavy (non-hydrogen) atoms. The fourth-order valence-corrected chi connectivity index (χ4v) is 2.43. The first-order chi connectivity index (χ1) is 23.0. The van der Waals surface area contributed by atoms with E-state index in [4.69, 9.17) is 51.1 Å². The van der Waals surface area contributed by atoms with Crippen molar-refractivity contribution in [2.45, 2.75) is 110 Å². The highest BCUT2D eigenvalue weighted by Gasteiger charge is 2.16. The molecule has 0 aliphatic rings. The zero-order chi connectivity index (χ0) is 40.2. The Morgan fingerprint density at radius 1 is 0.520 bits per heavy atom. The maximum atomic E-state index is 11.2. The Bertz CT molecular complexity index is 1050. The zero-order valence-corrected chi connectivity index (χ0v) is 27.5. The normalized spacial score (nSPS) is 10.6. The van der Waals surface area contributed by atoms with Crippen LogP contribution in [0.4, 0.5) is 0 Å². The van der Waals surface area contributed by atoms with Crippen molar-refractivity contribution in [3.63, 3.8) is 0 Å². The van der Waals surface area contributed by atoms with Gasteiger partial charge in [0.2, 0.25) is 0 Å². The fourth-order valence-electron chi connectivity index (χ4n) is 2.43. The van der Waals surface area contributed by atoms with E-state index in [1.54, 1.807) is 0 Å². The Morgan fingerprint density at radius 3 is 1.18 bits per heavy atom. The van der Waals surface area contributed by atoms with E-state index in [-0.39, 0.29) is 19.3 Å². The van der Waals surface area contributed by atoms with Gasteiger partial charge >= 0.3 is 59.7 Å². The van der Waals surface area contributed by atoms with E-state index in [9.17, 15) is 47.9 Å². The Hall–Kier alpha value is -5.44. The van der Waals surface area contributed by atoms with Crippen molar-refractivity contribution in [2.24, 2.45) is 0 Å². The van der Waals surface area contributed by atoms with Gasteiger partial charge in [0, 0.05) is 18.6 Å². The van der Waals surface area contributed by atoms with Crippen LogP contribution in [0.2, 0.25) is 0 Å². The smallest absolute Gasteiger partial charge is 0.333 e. The molecule has 0 radical (unpaired) electrons. The molecule has 0 aromatic carbocycles. The first kappa shape index (κ1) is 54.0. The van der Waals surface area contributed by atoms with Crippen molar-refractivity contribution < 1.29 is 104 Å². The van der Waals surface area contributed by atoms with Gasteiger partial charge in [-0.05, 0) is 13.3 Å². The summed E-state index contributed by atoms with van der Waals surface area (Å²) in [5.41, 5.74) is 0. The van der Waals surface area contributed by atoms with Gasteiger partial charge in [-0.1, -0.05) is 45.4 Å². The van der Waals surface area contributed by atoms with Crippen molar-refractivity contribution in [1.82, 2.24) is 0 Å². The molecule has 21 nitrogen and oxygen atoms in total. The maximum Gasteiger partial charge on any atom is 0.333 e. The summed E-state index contributed by atoms with van der Waals surface area (Å²) in [7, 11) is 0. The van der Waals surface area contributed by atoms with Gasteiger partial charge in [0.05, 0.1) is 31.8 Å². The third-order valence-electron chi connectivity index (χ3n) is 4.55. The fraction of sp³-hybridized carbons (Fsp3) is 0.586. The average Bonchev–Trinajstić information content (AvgIpc) is 2.94. The summed E-state index contributed by atoms with van der Waals surface area (Å²) in [6.07, 6.45) is 4.47. The Labute approximate surface area is 285 Å². The number of rotatable bonds is 20. The van der Waals surface area contributed by atoms with Gasteiger partial charge in [-0.2, -0.15) is 0 Å². The SMILES string of the molecule is CCCCCCCCCC(=O)OC(=O)CC(C)O.O=C(O)/C=C/C(=O)O.O=C(O)CC(=O)O.O=C(O)CC(O)C(=O)O.O=C(O)CCC(=O)O. The summed E-state index contributed by atoms with van der Waals surface area (Å²) in [5.74, 6) is -11.3. The predicted octanol–water partition coefficient (Wildman–Crippen LogP) is 1.07. The number of carboxylic acid groups (broad SMARTS) is 8. The summed E-state index contributed by atoms with van der Waals surface area (Å²) < 4.78 is 4.57. The van der Waals surface area contributed by atoms with Crippen LogP contribution in [0.25, 0.3) is 0 Å². The molecule has 0 bridgehead atoms. The van der Waals surface area contributed by atoms with E-state index in [2.05, 4.69) is 11.7 Å². The molecule has 0 aliphatic heterocycles. The van der Waals surface area contributed by atoms with Gasteiger partial charge in [-0.3, -0.25) is 33.6 Å². The number of aliphatic hydroxyl groups is 2. The molecule has 21 heteroatoms. The van der Waals surface area contributed by atoms with Crippen molar-refractivity contribution in [3.8, 4) is 0 Å². The molecule has 0 aliphatic carbocycles. The van der Waals surface area contributed by atoms with Crippen LogP contribution >= 0.6 is 0 Å². The minimum Gasteiger partial charge on any atom is -0.481 e. The molecule has 0 saturated carbocycles. The maximum absolute atomic E-state index is 11.2. The molecule has 288 valence electrons. The largest absolute Gasteiger partial charge is 0.481 e. The van der Waals surface area contributed by atoms with E-state index in [1.165, 1.54) is 32.6 Å². The lowest BCUT2D eigenvalue weighted by molar-refractivity contribution is -0.161. The first-order valence-electron chi connectivity index (χ1n) is 14.5. The van der Waals surface area contributed by atoms with E-state index in [1.807, 2.05) is 0 Å². The minimum absolute atomic E-state index is 0.122. The average molecular weight is 731 g/mol. The summed E-state index contributed by atoms with van der Waals surface area (Å²) in [6, 6.07) is 0. The second kappa shape index (κ2) is 36.4. The van der Waals surface area contributed by atoms with E-state index < -0.39 is 84.7 Å². The van der Waals surface area contributed by atoms with Crippen LogP contribution in [0.3, 0.4) is 0 Å². The highest BCUT2D eigenvalue weighted by atomic mass is 16.6. The van der Waals surface area contributed by atoms with Crippen LogP contribution in [-0.4, -0.2) is 123 Å². The Balaban J connectivity index is -0.000000180. The number of ether oxygens (including phenoxy) is 1. The van der Waals surface area contributed by atoms with E-state index in [0.717, 1.165) is 19.3 Å². The summed E-state index contributed by atoms with van der Waals surface area (Å²) in [5, 5.41) is 79.9. The van der Waals surface area contributed by atoms with Crippen LogP contribution in [0, 0.1) is 0 Å². The van der Waals surface area contributed by atoms with Crippen LogP contribution in [0.1, 0.15) is 97.3 Å². The van der Waals surface area contributed by atoms with Crippen LogP contribution < -0.4 is 0 Å². The number of carbonyl (C=O) groups is 10. The van der Waals surface area contributed by atoms with Crippen molar-refractivity contribution in [3.05, 3.63) is 12.2 Å². The molecule has 0 saturated heterocycles. The minimum atomic E-state index is -1.79. The highest BCUT2D eigenvalue weighted by Crippen LogP contribution is 2.09. The number of carboxylic acids is 8. The van der Waals surface area contributed by atoms with Gasteiger partial charge in [-0.15, -0.1) is 0 Å². The monoisotopic (exact) mass is 730 g/mol. The third-order valence-corrected chi connectivity index (χ3v) is 4.55. The van der Waals surface area contributed by atoms with Gasteiger partial charge in [0.25, 0.3) is 0 Å². The van der Waals surface area contributed by atoms with Crippen LogP contribution in [0.5, 0.6) is 0 Å². The van der Waals surface area contributed by atoms with Crippen molar-refractivity contribution >= 4 is 59.7 Å². The third kappa shape index (κ3) is 65.3. The lowest BCUT2D eigenvalue weighted by Crippen LogP contribution is -2.22. The molecule has 0 aromatic rings. The molecule has 2 unspecified atom stereocenters. The van der Waals surface area contributed by atoms with Crippen molar-refractivity contribution in [1.29, 1.82) is 0 Å². The molecule has 0 rings (SSSR count). The number of aliphatic carboxylic acids is 8. The quantitative estimate of drug-likeness (QED) is 0.0362. The summed E-state index contributed by atoms with van der Waals surface area (Å²) in [6.45, 7) is 3.67. The molecule has 0 spiro atoms. The standard InChI is InChI=1S/C14H26O4.C4H6O5.C4H6O4.C4H4O4.C3H4O4/c1-3-4-5-6-7-8-9-10-13(16)18-14(17)11-12(2)15;5-2(4(8)9)1-3(6)7;2*5-3(6)1-2-4(7)8;4-2(5)1-3(6)7/h12,15H,3-11H2,1-2H3;2,5H,1H2,(H,6,7)(H,8,9);1-2H2,(H,5,6)(H,7,8);1-2H,(H,5,6)(H,7,8);1H2,(H,4,5)(H,6,7)/b;;;2-1+;. The number of aliphatic hydroxyl groups excluding tert-OH is 2. The van der Waals surface area contributed by atoms with Crippen LogP contribution in [0.15, 0.2) is 12.2 Å². The lowest BCUT2D eigenvalue weighted by atomic mass is 10.1. The predicted molar refractivity (Wildman–Crippen MR) is 165 cm³/mol. The number of hydrogen-bond acceptors (Lipinski definition) is 13. The molecule has 0 amide bonds. The molecule has 0 fully saturated rings. The second-order valence-corrected chi connectivity index (χ2v) is 9.48. The second-order valence-electron chi connectivity index (χ2n) is 9.48. The van der Waals surface area contributed by atoms with Gasteiger partial charge in [0.15, 0.2) is 6.10 Å². The van der Waals surface area contributed by atoms with E-state index >= 15 is 0 Å². The lowest BCUT2D eigenvalue weighted by Gasteiger charge is -2.04. The zero-order valence-electron chi connectivity index (χ0n) is 27.5. The van der Waals surface area contributed by atoms with E-state index in [0.29, 0.717) is 18.6 Å². The number of hydrogen-bond donors (Lipinski definition) is 10. The Kier molecular flexibility index (Phi) is 39.3. The van der Waals surface area contributed by atoms with Crippen molar-refractivity contribution in [2.75, 3.05) is 0 Å². The van der Waals surface area contributed by atoms with Gasteiger partial charge < -0.3 is 55.8 Å². The molecule has 10 N–H and O–H groups in total. The number of unbranched alkanes of at least 4 members (excludes halogenated alkanes) is 6.